The van der Waals surface area contributed by atoms with Gasteiger partial charge in [-0.2, -0.15) is 0 Å². The van der Waals surface area contributed by atoms with E-state index in [2.05, 4.69) is 23.2 Å². The number of carbonyl (C=O) groups is 1. The van der Waals surface area contributed by atoms with Crippen molar-refractivity contribution in [2.24, 2.45) is 11.8 Å². The number of rotatable bonds is 4. The zero-order valence-electron chi connectivity index (χ0n) is 13.7. The van der Waals surface area contributed by atoms with Crippen LogP contribution in [0.3, 0.4) is 0 Å². The third-order valence-electron chi connectivity index (χ3n) is 4.95. The van der Waals surface area contributed by atoms with Gasteiger partial charge in [0.05, 0.1) is 0 Å². The lowest BCUT2D eigenvalue weighted by atomic mass is 9.99. The first-order chi connectivity index (χ1) is 11.1. The minimum atomic E-state index is 0.136. The molecule has 0 saturated carbocycles. The van der Waals surface area contributed by atoms with Crippen molar-refractivity contribution >= 4 is 23.2 Å². The molecule has 1 atom stereocenters. The number of halogens is 1. The van der Waals surface area contributed by atoms with E-state index >= 15 is 0 Å². The fraction of sp³-hybridized carbons (Fsp3) is 0.611. The van der Waals surface area contributed by atoms with Gasteiger partial charge >= 0.3 is 0 Å². The Bertz CT molecular complexity index is 558. The van der Waals surface area contributed by atoms with Crippen LogP contribution >= 0.6 is 11.6 Å². The molecule has 2 saturated heterocycles. The normalized spacial score (nSPS) is 22.3. The van der Waals surface area contributed by atoms with E-state index in [4.69, 9.17) is 16.3 Å². The fourth-order valence-corrected chi connectivity index (χ4v) is 3.66. The average Bonchev–Trinajstić information content (AvgIpc) is 3.04. The minimum Gasteiger partial charge on any atom is -0.381 e. The van der Waals surface area contributed by atoms with Crippen molar-refractivity contribution in [3.63, 3.8) is 0 Å². The summed E-state index contributed by atoms with van der Waals surface area (Å²) in [7, 11) is 0. The molecule has 23 heavy (non-hydrogen) atoms. The number of nitrogens with zero attached hydrogens (tertiary/aromatic N) is 1. The van der Waals surface area contributed by atoms with E-state index in [0.29, 0.717) is 19.1 Å². The summed E-state index contributed by atoms with van der Waals surface area (Å²) in [6, 6.07) is 6.04. The Morgan fingerprint density at radius 1 is 1.35 bits per heavy atom. The highest BCUT2D eigenvalue weighted by atomic mass is 35.5. The molecule has 0 aromatic heterocycles. The van der Waals surface area contributed by atoms with Crippen LogP contribution in [0.15, 0.2) is 18.2 Å². The number of aryl methyl sites for hydroxylation is 1. The van der Waals surface area contributed by atoms with Crippen LogP contribution < -0.4 is 10.2 Å². The van der Waals surface area contributed by atoms with Crippen molar-refractivity contribution in [1.29, 1.82) is 0 Å². The molecule has 0 aliphatic carbocycles. The largest absolute Gasteiger partial charge is 0.381 e. The predicted molar refractivity (Wildman–Crippen MR) is 93.1 cm³/mol. The lowest BCUT2D eigenvalue weighted by molar-refractivity contribution is -0.128. The summed E-state index contributed by atoms with van der Waals surface area (Å²) in [6.45, 7) is 6.32. The van der Waals surface area contributed by atoms with E-state index in [0.717, 1.165) is 43.9 Å². The highest BCUT2D eigenvalue weighted by Gasteiger charge is 2.26. The van der Waals surface area contributed by atoms with Crippen molar-refractivity contribution in [2.45, 2.75) is 26.2 Å². The second-order valence-corrected chi connectivity index (χ2v) is 7.10. The van der Waals surface area contributed by atoms with Gasteiger partial charge in [0.1, 0.15) is 0 Å². The predicted octanol–water partition coefficient (Wildman–Crippen LogP) is 3.02. The quantitative estimate of drug-likeness (QED) is 0.919. The van der Waals surface area contributed by atoms with E-state index < -0.39 is 0 Å². The Morgan fingerprint density at radius 2 is 2.13 bits per heavy atom. The van der Waals surface area contributed by atoms with Crippen LogP contribution in [0.4, 0.5) is 5.69 Å². The molecule has 1 aromatic carbocycles. The average molecular weight is 337 g/mol. The fourth-order valence-electron chi connectivity index (χ4n) is 3.49. The van der Waals surface area contributed by atoms with Crippen molar-refractivity contribution in [1.82, 2.24) is 5.32 Å². The van der Waals surface area contributed by atoms with Crippen LogP contribution in [-0.4, -0.2) is 38.8 Å². The summed E-state index contributed by atoms with van der Waals surface area (Å²) in [6.07, 6.45) is 2.81. The summed E-state index contributed by atoms with van der Waals surface area (Å²) >= 11 is 6.13. The molecular weight excluding hydrogens is 312 g/mol. The molecule has 2 heterocycles. The summed E-state index contributed by atoms with van der Waals surface area (Å²) in [5.41, 5.74) is 2.47. The number of anilines is 1. The van der Waals surface area contributed by atoms with Crippen LogP contribution in [0.5, 0.6) is 0 Å². The third-order valence-corrected chi connectivity index (χ3v) is 5.19. The lowest BCUT2D eigenvalue weighted by Crippen LogP contribution is -2.37. The van der Waals surface area contributed by atoms with E-state index in [-0.39, 0.29) is 11.8 Å². The topological polar surface area (TPSA) is 41.6 Å². The summed E-state index contributed by atoms with van der Waals surface area (Å²) in [4.78, 5) is 14.6. The zero-order valence-corrected chi connectivity index (χ0v) is 14.4. The molecule has 2 aliphatic rings. The number of carbonyl (C=O) groups excluding carboxylic acids is 1. The summed E-state index contributed by atoms with van der Waals surface area (Å²) in [5, 5.41) is 3.92. The van der Waals surface area contributed by atoms with Gasteiger partial charge in [-0.25, -0.2) is 0 Å². The molecule has 3 rings (SSSR count). The van der Waals surface area contributed by atoms with E-state index in [9.17, 15) is 4.79 Å². The number of ether oxygens (including phenoxy) is 1. The lowest BCUT2D eigenvalue weighted by Gasteiger charge is -2.23. The Kier molecular flexibility index (Phi) is 5.44. The smallest absolute Gasteiger partial charge is 0.223 e. The first-order valence-corrected chi connectivity index (χ1v) is 8.88. The first kappa shape index (κ1) is 16.6. The van der Waals surface area contributed by atoms with Crippen molar-refractivity contribution in [2.75, 3.05) is 37.7 Å². The second kappa shape index (κ2) is 7.54. The van der Waals surface area contributed by atoms with Gasteiger partial charge in [-0.05, 0) is 49.8 Å². The molecule has 5 heteroatoms. The highest BCUT2D eigenvalue weighted by molar-refractivity contribution is 6.30. The molecule has 0 spiro atoms. The van der Waals surface area contributed by atoms with Crippen molar-refractivity contribution in [3.05, 3.63) is 28.8 Å². The van der Waals surface area contributed by atoms with Gasteiger partial charge in [-0.15, -0.1) is 0 Å². The molecule has 126 valence electrons. The van der Waals surface area contributed by atoms with Gasteiger partial charge in [0, 0.05) is 49.5 Å². The molecule has 2 fully saturated rings. The van der Waals surface area contributed by atoms with Gasteiger partial charge in [0.25, 0.3) is 0 Å². The van der Waals surface area contributed by atoms with Crippen LogP contribution in [0.1, 0.15) is 24.8 Å². The van der Waals surface area contributed by atoms with E-state index in [1.807, 2.05) is 12.1 Å². The van der Waals surface area contributed by atoms with Gasteiger partial charge < -0.3 is 15.0 Å². The highest BCUT2D eigenvalue weighted by Crippen LogP contribution is 2.29. The molecule has 0 unspecified atom stereocenters. The summed E-state index contributed by atoms with van der Waals surface area (Å²) in [5.74, 6) is 0.847. The van der Waals surface area contributed by atoms with Gasteiger partial charge in [0.2, 0.25) is 5.91 Å². The molecule has 2 aliphatic heterocycles. The van der Waals surface area contributed by atoms with Crippen LogP contribution in [0, 0.1) is 18.8 Å². The minimum absolute atomic E-state index is 0.136. The Hall–Kier alpha value is -1.26. The number of hydrogen-bond donors (Lipinski definition) is 1. The first-order valence-electron chi connectivity index (χ1n) is 8.50. The van der Waals surface area contributed by atoms with Gasteiger partial charge in [0.15, 0.2) is 0 Å². The Labute approximate surface area is 143 Å². The maximum atomic E-state index is 12.2. The van der Waals surface area contributed by atoms with E-state index in [1.165, 1.54) is 11.3 Å². The number of amides is 1. The van der Waals surface area contributed by atoms with Gasteiger partial charge in [-0.1, -0.05) is 17.7 Å². The van der Waals surface area contributed by atoms with Crippen LogP contribution in [0.25, 0.3) is 0 Å². The molecule has 1 N–H and O–H groups in total. The monoisotopic (exact) mass is 336 g/mol. The van der Waals surface area contributed by atoms with Gasteiger partial charge in [-0.3, -0.25) is 4.79 Å². The summed E-state index contributed by atoms with van der Waals surface area (Å²) < 4.78 is 5.31. The van der Waals surface area contributed by atoms with Crippen LogP contribution in [0.2, 0.25) is 5.02 Å². The zero-order chi connectivity index (χ0) is 16.2. The SMILES string of the molecule is Cc1ccc(Cl)cc1N1CC[C@@H](CNC(=O)C2CCOCC2)C1. The van der Waals surface area contributed by atoms with Crippen molar-refractivity contribution in [3.8, 4) is 0 Å². The molecular formula is C18H25ClN2O2. The Balaban J connectivity index is 1.50. The Morgan fingerprint density at radius 3 is 2.91 bits per heavy atom. The number of hydrogen-bond acceptors (Lipinski definition) is 3. The molecule has 1 amide bonds. The molecule has 0 radical (unpaired) electrons. The maximum absolute atomic E-state index is 12.2. The molecule has 0 bridgehead atoms. The number of nitrogens with one attached hydrogen (secondary N) is 1. The third kappa shape index (κ3) is 4.18. The number of benzene rings is 1. The second-order valence-electron chi connectivity index (χ2n) is 6.66. The molecule has 4 nitrogen and oxygen atoms in total. The standard InChI is InChI=1S/C18H25ClN2O2/c1-13-2-3-16(19)10-17(13)21-7-4-14(12-21)11-20-18(22)15-5-8-23-9-6-15/h2-3,10,14-15H,4-9,11-12H2,1H3,(H,20,22)/t14-/m0/s1. The van der Waals surface area contributed by atoms with E-state index in [1.54, 1.807) is 0 Å². The van der Waals surface area contributed by atoms with Crippen LogP contribution in [-0.2, 0) is 9.53 Å². The maximum Gasteiger partial charge on any atom is 0.223 e. The molecule has 1 aromatic rings. The van der Waals surface area contributed by atoms with Crippen molar-refractivity contribution < 1.29 is 9.53 Å².